The molecule has 0 bridgehead atoms. The van der Waals surface area contributed by atoms with Gasteiger partial charge in [0.05, 0.1) is 5.39 Å². The minimum Gasteiger partial charge on any atom is -0.383 e. The van der Waals surface area contributed by atoms with Crippen molar-refractivity contribution in [3.05, 3.63) is 72.9 Å². The molecule has 4 heterocycles. The number of nitrogens with two attached hydrogens (primary N) is 1. The first-order valence-electron chi connectivity index (χ1n) is 12.9. The van der Waals surface area contributed by atoms with Crippen molar-refractivity contribution < 1.29 is 4.39 Å². The van der Waals surface area contributed by atoms with Crippen molar-refractivity contribution in [1.82, 2.24) is 24.4 Å². The van der Waals surface area contributed by atoms with E-state index < -0.39 is 0 Å². The van der Waals surface area contributed by atoms with Crippen molar-refractivity contribution in [3.63, 3.8) is 0 Å². The lowest BCUT2D eigenvalue weighted by Crippen LogP contribution is -2.43. The van der Waals surface area contributed by atoms with Crippen LogP contribution in [0.1, 0.15) is 25.3 Å². The van der Waals surface area contributed by atoms with Crippen LogP contribution in [0.2, 0.25) is 0 Å². The fourth-order valence-corrected chi connectivity index (χ4v) is 5.70. The molecule has 2 aliphatic rings. The van der Waals surface area contributed by atoms with Crippen LogP contribution in [0.15, 0.2) is 67.1 Å². The van der Waals surface area contributed by atoms with Gasteiger partial charge in [0, 0.05) is 41.0 Å². The Morgan fingerprint density at radius 3 is 2.57 bits per heavy atom. The second-order valence-corrected chi connectivity index (χ2v) is 10.2. The van der Waals surface area contributed by atoms with E-state index in [-0.39, 0.29) is 5.82 Å². The van der Waals surface area contributed by atoms with Crippen molar-refractivity contribution in [2.75, 3.05) is 30.7 Å². The first kappa shape index (κ1) is 22.2. The van der Waals surface area contributed by atoms with Gasteiger partial charge in [-0.15, -0.1) is 0 Å². The lowest BCUT2D eigenvalue weighted by Gasteiger charge is -2.42. The summed E-state index contributed by atoms with van der Waals surface area (Å²) in [4.78, 5) is 16.0. The summed E-state index contributed by atoms with van der Waals surface area (Å²) in [5, 5.41) is 4.69. The molecule has 3 aromatic heterocycles. The Morgan fingerprint density at radius 2 is 1.78 bits per heavy atom. The maximum Gasteiger partial charge on any atom is 0.157 e. The van der Waals surface area contributed by atoms with Crippen molar-refractivity contribution in [2.24, 2.45) is 5.92 Å². The Bertz CT molecular complexity index is 1600. The molecule has 0 unspecified atom stereocenters. The quantitative estimate of drug-likeness (QED) is 0.312. The minimum atomic E-state index is -0.374. The highest BCUT2D eigenvalue weighted by Crippen LogP contribution is 2.44. The van der Waals surface area contributed by atoms with Gasteiger partial charge in [0.1, 0.15) is 29.1 Å². The number of pyridine rings is 1. The van der Waals surface area contributed by atoms with Gasteiger partial charge in [-0.1, -0.05) is 30.3 Å². The van der Waals surface area contributed by atoms with Gasteiger partial charge < -0.3 is 20.5 Å². The molecule has 0 radical (unpaired) electrons. The standard InChI is InChI=1S/C29H28FN7/c30-26-22(9-7-19-8-10-24(35-27(19)26)34-20-5-2-1-3-6-20)23-16-37(29-25(23)28(31)32-17-33-29)21-13-18(14-21)15-36-11-4-12-36/h1-3,5-10,16-18,21H,4,11-15H2,(H,34,35)(H2,31,32,33). The number of benzene rings is 2. The molecule has 3 N–H and O–H groups in total. The Labute approximate surface area is 214 Å². The van der Waals surface area contributed by atoms with E-state index in [9.17, 15) is 0 Å². The van der Waals surface area contributed by atoms with Crippen LogP contribution in [0.3, 0.4) is 0 Å². The minimum absolute atomic E-state index is 0.313. The van der Waals surface area contributed by atoms with Gasteiger partial charge in [-0.3, -0.25) is 0 Å². The SMILES string of the molecule is Nc1ncnc2c1c(-c1ccc3ccc(Nc4ccccc4)nc3c1F)cn2C1CC(CN2CCC2)C1. The first-order valence-corrected chi connectivity index (χ1v) is 12.9. The zero-order chi connectivity index (χ0) is 24.9. The number of fused-ring (bicyclic) bond motifs is 2. The molecule has 2 fully saturated rings. The summed E-state index contributed by atoms with van der Waals surface area (Å²) < 4.78 is 18.3. The molecule has 37 heavy (non-hydrogen) atoms. The molecule has 7 rings (SSSR count). The number of nitrogens with zero attached hydrogens (tertiary/aromatic N) is 5. The topological polar surface area (TPSA) is 84.9 Å². The van der Waals surface area contributed by atoms with Crippen LogP contribution in [-0.2, 0) is 0 Å². The first-order chi connectivity index (χ1) is 18.1. The van der Waals surface area contributed by atoms with Gasteiger partial charge in [-0.2, -0.15) is 0 Å². The fraction of sp³-hybridized carbons (Fsp3) is 0.276. The summed E-state index contributed by atoms with van der Waals surface area (Å²) in [5.41, 5.74) is 9.48. The lowest BCUT2D eigenvalue weighted by molar-refractivity contribution is 0.0921. The Kier molecular flexibility index (Phi) is 5.28. The maximum absolute atomic E-state index is 16.1. The van der Waals surface area contributed by atoms with Crippen molar-refractivity contribution in [3.8, 4) is 11.1 Å². The maximum atomic E-state index is 16.1. The second-order valence-electron chi connectivity index (χ2n) is 10.2. The third-order valence-electron chi connectivity index (χ3n) is 7.84. The summed E-state index contributed by atoms with van der Waals surface area (Å²) in [6.07, 6.45) is 7.01. The largest absolute Gasteiger partial charge is 0.383 e. The second kappa shape index (κ2) is 8.81. The molecular formula is C29H28FN7. The number of anilines is 3. The van der Waals surface area contributed by atoms with E-state index in [2.05, 4.69) is 29.7 Å². The summed E-state index contributed by atoms with van der Waals surface area (Å²) in [6.45, 7) is 3.61. The van der Waals surface area contributed by atoms with E-state index in [1.165, 1.54) is 32.4 Å². The van der Waals surface area contributed by atoms with Gasteiger partial charge in [0.25, 0.3) is 0 Å². The molecular weight excluding hydrogens is 465 g/mol. The molecule has 2 aromatic carbocycles. The number of nitrogens with one attached hydrogen (secondary N) is 1. The molecule has 7 nitrogen and oxygen atoms in total. The van der Waals surface area contributed by atoms with E-state index in [1.54, 1.807) is 0 Å². The van der Waals surface area contributed by atoms with Crippen molar-refractivity contribution in [1.29, 1.82) is 0 Å². The van der Waals surface area contributed by atoms with Crippen LogP contribution in [0.4, 0.5) is 21.7 Å². The number of rotatable bonds is 6. The molecule has 1 aliphatic heterocycles. The zero-order valence-electron chi connectivity index (χ0n) is 20.4. The van der Waals surface area contributed by atoms with Crippen molar-refractivity contribution >= 4 is 39.3 Å². The summed E-state index contributed by atoms with van der Waals surface area (Å²) in [5.74, 6) is 1.27. The van der Waals surface area contributed by atoms with Crippen LogP contribution in [0.25, 0.3) is 33.1 Å². The predicted octanol–water partition coefficient (Wildman–Crippen LogP) is 5.77. The Morgan fingerprint density at radius 1 is 0.973 bits per heavy atom. The number of hydrogen-bond donors (Lipinski definition) is 2. The van der Waals surface area contributed by atoms with Gasteiger partial charge in [0.15, 0.2) is 5.82 Å². The number of halogens is 1. The molecule has 1 saturated carbocycles. The average Bonchev–Trinajstić information content (AvgIpc) is 3.23. The number of hydrogen-bond acceptors (Lipinski definition) is 6. The lowest BCUT2D eigenvalue weighted by atomic mass is 9.79. The monoisotopic (exact) mass is 493 g/mol. The molecule has 186 valence electrons. The van der Waals surface area contributed by atoms with Crippen LogP contribution in [0, 0.1) is 11.7 Å². The third-order valence-corrected chi connectivity index (χ3v) is 7.84. The summed E-state index contributed by atoms with van der Waals surface area (Å²) >= 11 is 0. The van der Waals surface area contributed by atoms with Crippen LogP contribution in [0.5, 0.6) is 0 Å². The van der Waals surface area contributed by atoms with E-state index in [0.29, 0.717) is 45.6 Å². The number of nitrogen functional groups attached to an aromatic ring is 1. The third kappa shape index (κ3) is 3.88. The van der Waals surface area contributed by atoms with Gasteiger partial charge in [0.2, 0.25) is 0 Å². The van der Waals surface area contributed by atoms with Crippen molar-refractivity contribution in [2.45, 2.75) is 25.3 Å². The van der Waals surface area contributed by atoms with E-state index in [1.807, 2.05) is 60.8 Å². The van der Waals surface area contributed by atoms with Gasteiger partial charge >= 0.3 is 0 Å². The van der Waals surface area contributed by atoms with Gasteiger partial charge in [-0.05, 0) is 62.5 Å². The van der Waals surface area contributed by atoms with Crippen LogP contribution < -0.4 is 11.1 Å². The molecule has 1 aliphatic carbocycles. The highest BCUT2D eigenvalue weighted by Gasteiger charge is 2.34. The molecule has 1 saturated heterocycles. The van der Waals surface area contributed by atoms with E-state index in [0.717, 1.165) is 29.6 Å². The highest BCUT2D eigenvalue weighted by atomic mass is 19.1. The smallest absolute Gasteiger partial charge is 0.157 e. The number of aromatic nitrogens is 4. The normalized spacial score (nSPS) is 19.6. The summed E-state index contributed by atoms with van der Waals surface area (Å²) in [7, 11) is 0. The Balaban J connectivity index is 1.27. The number of likely N-dealkylation sites (tertiary alicyclic amines) is 1. The summed E-state index contributed by atoms with van der Waals surface area (Å²) in [6, 6.07) is 17.5. The zero-order valence-corrected chi connectivity index (χ0v) is 20.4. The Hall–Kier alpha value is -4.04. The molecule has 0 atom stereocenters. The predicted molar refractivity (Wildman–Crippen MR) is 145 cm³/mol. The van der Waals surface area contributed by atoms with Crippen LogP contribution >= 0.6 is 0 Å². The molecule has 5 aromatic rings. The molecule has 0 spiro atoms. The molecule has 0 amide bonds. The number of para-hydroxylation sites is 1. The molecule has 8 heteroatoms. The fourth-order valence-electron chi connectivity index (χ4n) is 5.70. The average molecular weight is 494 g/mol. The van der Waals surface area contributed by atoms with E-state index >= 15 is 4.39 Å². The van der Waals surface area contributed by atoms with Crippen LogP contribution in [-0.4, -0.2) is 44.1 Å². The highest BCUT2D eigenvalue weighted by molar-refractivity contribution is 6.02. The van der Waals surface area contributed by atoms with E-state index in [4.69, 9.17) is 5.73 Å². The van der Waals surface area contributed by atoms with Gasteiger partial charge in [-0.25, -0.2) is 19.3 Å².